The maximum absolute atomic E-state index is 5.53. The molecule has 0 amide bonds. The van der Waals surface area contributed by atoms with Crippen LogP contribution in [0.2, 0.25) is 0 Å². The third kappa shape index (κ3) is 2.53. The van der Waals surface area contributed by atoms with Crippen molar-refractivity contribution in [2.75, 3.05) is 0 Å². The summed E-state index contributed by atoms with van der Waals surface area (Å²) in [4.78, 5) is 0. The van der Waals surface area contributed by atoms with Gasteiger partial charge in [-0.2, -0.15) is 0 Å². The monoisotopic (exact) mass is 285 g/mol. The maximum atomic E-state index is 5.53. The topological polar surface area (TPSA) is 61.0 Å². The smallest absolute Gasteiger partial charge is 0.299 e. The number of ether oxygens (including phenoxy) is 1. The van der Waals surface area contributed by atoms with Crippen LogP contribution in [0.25, 0.3) is 0 Å². The molecule has 0 saturated carbocycles. The minimum absolute atomic E-state index is 0.386. The van der Waals surface area contributed by atoms with Gasteiger partial charge in [0, 0.05) is 6.54 Å². The minimum Gasteiger partial charge on any atom is -0.429 e. The first-order valence-electron chi connectivity index (χ1n) is 4.24. The summed E-state index contributed by atoms with van der Waals surface area (Å²) in [7, 11) is 0. The fraction of sp³-hybridized carbons (Fsp3) is 0.111. The second-order valence-electron chi connectivity index (χ2n) is 2.70. The number of para-hydroxylation sites is 1. The van der Waals surface area contributed by atoms with Gasteiger partial charge in [-0.25, -0.2) is 0 Å². The number of halogens is 1. The molecule has 0 spiro atoms. The molecule has 0 unspecified atom stereocenters. The van der Waals surface area contributed by atoms with Crippen molar-refractivity contribution >= 4 is 27.3 Å². The van der Waals surface area contributed by atoms with Gasteiger partial charge in [0.05, 0.1) is 4.47 Å². The summed E-state index contributed by atoms with van der Waals surface area (Å²) in [6.45, 7) is 0.386. The molecule has 0 radical (unpaired) electrons. The van der Waals surface area contributed by atoms with Crippen LogP contribution >= 0.6 is 27.3 Å². The fourth-order valence-electron chi connectivity index (χ4n) is 0.984. The predicted molar refractivity (Wildman–Crippen MR) is 62.0 cm³/mol. The second kappa shape index (κ2) is 4.69. The van der Waals surface area contributed by atoms with Crippen molar-refractivity contribution < 1.29 is 4.74 Å². The van der Waals surface area contributed by atoms with Gasteiger partial charge in [0.25, 0.3) is 5.19 Å². The quantitative estimate of drug-likeness (QED) is 0.942. The summed E-state index contributed by atoms with van der Waals surface area (Å²) in [6, 6.07) is 7.57. The van der Waals surface area contributed by atoms with Gasteiger partial charge < -0.3 is 10.5 Å². The zero-order chi connectivity index (χ0) is 10.7. The van der Waals surface area contributed by atoms with Gasteiger partial charge in [-0.15, -0.1) is 5.10 Å². The maximum Gasteiger partial charge on any atom is 0.299 e. The van der Waals surface area contributed by atoms with Crippen LogP contribution in [-0.4, -0.2) is 10.2 Å². The summed E-state index contributed by atoms with van der Waals surface area (Å²) in [5.41, 5.74) is 5.43. The lowest BCUT2D eigenvalue weighted by molar-refractivity contribution is 0.470. The van der Waals surface area contributed by atoms with Crippen LogP contribution in [0.3, 0.4) is 0 Å². The fourth-order valence-corrected chi connectivity index (χ4v) is 1.93. The van der Waals surface area contributed by atoms with Crippen molar-refractivity contribution in [1.82, 2.24) is 10.2 Å². The van der Waals surface area contributed by atoms with Crippen LogP contribution in [-0.2, 0) is 6.54 Å². The lowest BCUT2D eigenvalue weighted by Gasteiger charge is -2.02. The van der Waals surface area contributed by atoms with E-state index in [4.69, 9.17) is 10.5 Å². The zero-order valence-electron chi connectivity index (χ0n) is 7.68. The third-order valence-corrected chi connectivity index (χ3v) is 3.14. The Morgan fingerprint density at radius 3 is 2.80 bits per heavy atom. The molecule has 0 aliphatic rings. The Kier molecular flexibility index (Phi) is 3.30. The Balaban J connectivity index is 2.18. The van der Waals surface area contributed by atoms with Crippen molar-refractivity contribution in [3.63, 3.8) is 0 Å². The van der Waals surface area contributed by atoms with Crippen molar-refractivity contribution in [1.29, 1.82) is 0 Å². The highest BCUT2D eigenvalue weighted by Crippen LogP contribution is 2.30. The largest absolute Gasteiger partial charge is 0.429 e. The molecule has 1 aromatic carbocycles. The number of nitrogens with zero attached hydrogens (tertiary/aromatic N) is 2. The van der Waals surface area contributed by atoms with Gasteiger partial charge in [-0.3, -0.25) is 0 Å². The molecule has 0 atom stereocenters. The van der Waals surface area contributed by atoms with E-state index in [-0.39, 0.29) is 0 Å². The SMILES string of the molecule is NCc1nnc(Oc2ccccc2Br)s1. The van der Waals surface area contributed by atoms with Crippen molar-refractivity contribution in [3.05, 3.63) is 33.7 Å². The number of hydrogen-bond acceptors (Lipinski definition) is 5. The molecule has 1 heterocycles. The molecule has 2 aromatic rings. The van der Waals surface area contributed by atoms with E-state index in [9.17, 15) is 0 Å². The molecule has 78 valence electrons. The standard InChI is InChI=1S/C9H8BrN3OS/c10-6-3-1-2-4-7(6)14-9-13-12-8(5-11)15-9/h1-4H,5,11H2. The molecule has 0 saturated heterocycles. The average molecular weight is 286 g/mol. The van der Waals surface area contributed by atoms with E-state index in [0.717, 1.165) is 15.2 Å². The van der Waals surface area contributed by atoms with Crippen LogP contribution in [0.15, 0.2) is 28.7 Å². The van der Waals surface area contributed by atoms with Crippen molar-refractivity contribution in [2.45, 2.75) is 6.54 Å². The van der Waals surface area contributed by atoms with Gasteiger partial charge in [0.2, 0.25) is 0 Å². The van der Waals surface area contributed by atoms with Crippen LogP contribution in [0, 0.1) is 0 Å². The van der Waals surface area contributed by atoms with Gasteiger partial charge >= 0.3 is 0 Å². The Morgan fingerprint density at radius 1 is 1.33 bits per heavy atom. The van der Waals surface area contributed by atoms with E-state index in [1.54, 1.807) is 0 Å². The molecule has 2 rings (SSSR count). The normalized spacial score (nSPS) is 10.3. The summed E-state index contributed by atoms with van der Waals surface area (Å²) in [6.07, 6.45) is 0. The number of benzene rings is 1. The third-order valence-electron chi connectivity index (χ3n) is 1.66. The predicted octanol–water partition coefficient (Wildman–Crippen LogP) is 2.55. The Labute approximate surface area is 99.2 Å². The van der Waals surface area contributed by atoms with Crippen molar-refractivity contribution in [3.8, 4) is 10.9 Å². The summed E-state index contributed by atoms with van der Waals surface area (Å²) in [5, 5.41) is 9.00. The molecular formula is C9H8BrN3OS. The van der Waals surface area contributed by atoms with Crippen molar-refractivity contribution in [2.24, 2.45) is 5.73 Å². The van der Waals surface area contributed by atoms with E-state index in [1.165, 1.54) is 11.3 Å². The average Bonchev–Trinajstić information content (AvgIpc) is 2.69. The molecule has 0 aliphatic heterocycles. The molecule has 1 aromatic heterocycles. The highest BCUT2D eigenvalue weighted by atomic mass is 79.9. The highest BCUT2D eigenvalue weighted by Gasteiger charge is 2.06. The van der Waals surface area contributed by atoms with Gasteiger partial charge in [-0.1, -0.05) is 28.6 Å². The van der Waals surface area contributed by atoms with E-state index < -0.39 is 0 Å². The Bertz CT molecular complexity index is 460. The zero-order valence-corrected chi connectivity index (χ0v) is 10.1. The Morgan fingerprint density at radius 2 is 2.13 bits per heavy atom. The number of nitrogens with two attached hydrogens (primary N) is 1. The van der Waals surface area contributed by atoms with Crippen LogP contribution in [0.4, 0.5) is 0 Å². The molecule has 0 bridgehead atoms. The summed E-state index contributed by atoms with van der Waals surface area (Å²) >= 11 is 4.73. The molecule has 0 aliphatic carbocycles. The first-order valence-corrected chi connectivity index (χ1v) is 5.85. The first kappa shape index (κ1) is 10.5. The van der Waals surface area contributed by atoms with Crippen LogP contribution in [0.1, 0.15) is 5.01 Å². The van der Waals surface area contributed by atoms with Crippen LogP contribution in [0.5, 0.6) is 10.9 Å². The second-order valence-corrected chi connectivity index (χ2v) is 4.58. The van der Waals surface area contributed by atoms with Gasteiger partial charge in [-0.05, 0) is 28.1 Å². The number of hydrogen-bond donors (Lipinski definition) is 1. The van der Waals surface area contributed by atoms with Crippen LogP contribution < -0.4 is 10.5 Å². The molecule has 2 N–H and O–H groups in total. The van der Waals surface area contributed by atoms with E-state index >= 15 is 0 Å². The minimum atomic E-state index is 0.386. The van der Waals surface area contributed by atoms with E-state index in [1.807, 2.05) is 24.3 Å². The van der Waals surface area contributed by atoms with E-state index in [2.05, 4.69) is 26.1 Å². The Hall–Kier alpha value is -0.980. The van der Waals surface area contributed by atoms with E-state index in [0.29, 0.717) is 11.7 Å². The summed E-state index contributed by atoms with van der Waals surface area (Å²) < 4.78 is 6.42. The first-order chi connectivity index (χ1) is 7.29. The number of aromatic nitrogens is 2. The van der Waals surface area contributed by atoms with Gasteiger partial charge in [0.15, 0.2) is 0 Å². The molecular weight excluding hydrogens is 278 g/mol. The molecule has 6 heteroatoms. The number of rotatable bonds is 3. The molecule has 4 nitrogen and oxygen atoms in total. The highest BCUT2D eigenvalue weighted by molar-refractivity contribution is 9.10. The lowest BCUT2D eigenvalue weighted by Crippen LogP contribution is -1.94. The molecule has 15 heavy (non-hydrogen) atoms. The summed E-state index contributed by atoms with van der Waals surface area (Å²) in [5.74, 6) is 0.720. The van der Waals surface area contributed by atoms with Gasteiger partial charge in [0.1, 0.15) is 10.8 Å². The lowest BCUT2D eigenvalue weighted by atomic mass is 10.3. The molecule has 0 fully saturated rings.